The molecule has 0 aliphatic carbocycles. The third-order valence-corrected chi connectivity index (χ3v) is 10.7. The fraction of sp³-hybridized carbons (Fsp3) is 0. The van der Waals surface area contributed by atoms with Crippen molar-refractivity contribution in [3.63, 3.8) is 0 Å². The highest BCUT2D eigenvalue weighted by Crippen LogP contribution is 2.40. The Bertz CT molecular complexity index is 2830. The van der Waals surface area contributed by atoms with Crippen LogP contribution in [0.3, 0.4) is 0 Å². The predicted octanol–water partition coefficient (Wildman–Crippen LogP) is 13.1. The molecule has 0 unspecified atom stereocenters. The zero-order valence-corrected chi connectivity index (χ0v) is 27.7. The first-order valence-electron chi connectivity index (χ1n) is 16.7. The molecule has 0 amide bonds. The van der Waals surface area contributed by atoms with E-state index in [0.717, 1.165) is 56.2 Å². The number of hydrogen-bond acceptors (Lipinski definition) is 4. The average Bonchev–Trinajstić information content (AvgIpc) is 3.80. The van der Waals surface area contributed by atoms with Crippen molar-refractivity contribution in [3.05, 3.63) is 170 Å². The van der Waals surface area contributed by atoms with Crippen LogP contribution in [-0.4, -0.2) is 9.97 Å². The molecule has 0 saturated heterocycles. The van der Waals surface area contributed by atoms with Crippen molar-refractivity contribution >= 4 is 53.3 Å². The summed E-state index contributed by atoms with van der Waals surface area (Å²) in [4.78, 5) is 10.5. The highest BCUT2D eigenvalue weighted by molar-refractivity contribution is 7.26. The molecule has 3 aromatic heterocycles. The maximum Gasteiger partial charge on any atom is 0.161 e. The summed E-state index contributed by atoms with van der Waals surface area (Å²) in [7, 11) is 0. The molecular formula is C46H28N2OS. The number of para-hydroxylation sites is 1. The van der Waals surface area contributed by atoms with E-state index < -0.39 is 0 Å². The summed E-state index contributed by atoms with van der Waals surface area (Å²) in [6.07, 6.45) is 0. The summed E-state index contributed by atoms with van der Waals surface area (Å²) in [6, 6.07) is 59.7. The molecule has 50 heavy (non-hydrogen) atoms. The molecule has 0 spiro atoms. The van der Waals surface area contributed by atoms with Crippen LogP contribution in [-0.2, 0) is 0 Å². The Morgan fingerprint density at radius 3 is 1.92 bits per heavy atom. The maximum absolute atomic E-state index is 6.16. The molecule has 4 heteroatoms. The lowest BCUT2D eigenvalue weighted by molar-refractivity contribution is 0.631. The van der Waals surface area contributed by atoms with Gasteiger partial charge in [-0.05, 0) is 64.4 Å². The number of benzene rings is 7. The minimum absolute atomic E-state index is 0.718. The van der Waals surface area contributed by atoms with Crippen LogP contribution in [0.2, 0.25) is 0 Å². The minimum Gasteiger partial charge on any atom is -0.456 e. The van der Waals surface area contributed by atoms with Crippen LogP contribution in [0.25, 0.3) is 98.3 Å². The van der Waals surface area contributed by atoms with E-state index in [9.17, 15) is 0 Å². The number of aromatic nitrogens is 2. The van der Waals surface area contributed by atoms with Gasteiger partial charge in [-0.3, -0.25) is 0 Å². The fourth-order valence-corrected chi connectivity index (χ4v) is 8.14. The summed E-state index contributed by atoms with van der Waals surface area (Å²) in [5, 5.41) is 5.95. The van der Waals surface area contributed by atoms with E-state index in [1.165, 1.54) is 42.1 Å². The van der Waals surface area contributed by atoms with Gasteiger partial charge in [0.25, 0.3) is 0 Å². The first-order valence-corrected chi connectivity index (χ1v) is 17.5. The lowest BCUT2D eigenvalue weighted by Crippen LogP contribution is -1.96. The Hall–Kier alpha value is -6.36. The van der Waals surface area contributed by atoms with Crippen molar-refractivity contribution in [2.45, 2.75) is 0 Å². The van der Waals surface area contributed by atoms with Gasteiger partial charge in [0, 0.05) is 47.8 Å². The molecule has 10 aromatic rings. The Morgan fingerprint density at radius 1 is 0.420 bits per heavy atom. The van der Waals surface area contributed by atoms with Crippen molar-refractivity contribution in [2.24, 2.45) is 0 Å². The molecule has 0 atom stereocenters. The second-order valence-corrected chi connectivity index (χ2v) is 13.7. The van der Waals surface area contributed by atoms with Gasteiger partial charge in [-0.15, -0.1) is 11.3 Å². The first-order chi connectivity index (χ1) is 24.7. The lowest BCUT2D eigenvalue weighted by atomic mass is 9.98. The summed E-state index contributed by atoms with van der Waals surface area (Å²) in [6.45, 7) is 0. The van der Waals surface area contributed by atoms with E-state index in [-0.39, 0.29) is 0 Å². The number of hydrogen-bond donors (Lipinski definition) is 0. The zero-order valence-electron chi connectivity index (χ0n) is 26.9. The molecule has 0 radical (unpaired) electrons. The number of nitrogens with zero attached hydrogens (tertiary/aromatic N) is 2. The molecular weight excluding hydrogens is 629 g/mol. The van der Waals surface area contributed by atoms with Crippen LogP contribution >= 0.6 is 11.3 Å². The number of rotatable bonds is 5. The molecule has 10 rings (SSSR count). The zero-order chi connectivity index (χ0) is 33.0. The smallest absolute Gasteiger partial charge is 0.161 e. The van der Waals surface area contributed by atoms with E-state index in [1.54, 1.807) is 11.3 Å². The van der Waals surface area contributed by atoms with Gasteiger partial charge in [0.2, 0.25) is 0 Å². The third kappa shape index (κ3) is 4.97. The van der Waals surface area contributed by atoms with Crippen LogP contribution in [0.15, 0.2) is 174 Å². The molecule has 0 bridgehead atoms. The van der Waals surface area contributed by atoms with E-state index in [2.05, 4.69) is 152 Å². The Balaban J connectivity index is 1.11. The summed E-state index contributed by atoms with van der Waals surface area (Å²) < 4.78 is 8.62. The van der Waals surface area contributed by atoms with Gasteiger partial charge in [0.05, 0.1) is 11.4 Å². The minimum atomic E-state index is 0.718. The van der Waals surface area contributed by atoms with E-state index >= 15 is 0 Å². The third-order valence-electron chi connectivity index (χ3n) is 9.51. The first kappa shape index (κ1) is 28.6. The van der Waals surface area contributed by atoms with Crippen molar-refractivity contribution in [1.29, 1.82) is 0 Å². The molecule has 3 heterocycles. The van der Waals surface area contributed by atoms with Crippen LogP contribution in [0.1, 0.15) is 0 Å². The highest BCUT2D eigenvalue weighted by atomic mass is 32.1. The number of fused-ring (bicyclic) bond motifs is 5. The molecule has 3 nitrogen and oxygen atoms in total. The van der Waals surface area contributed by atoms with Gasteiger partial charge in [0.15, 0.2) is 5.82 Å². The van der Waals surface area contributed by atoms with Gasteiger partial charge in [0.1, 0.15) is 11.3 Å². The molecule has 234 valence electrons. The Morgan fingerprint density at radius 2 is 1.08 bits per heavy atom. The van der Waals surface area contributed by atoms with Crippen molar-refractivity contribution in [2.75, 3.05) is 0 Å². The number of furan rings is 1. The standard InChI is InChI=1S/C46H28N2OS/c1-2-9-29(10-3-1)32-21-22-34-26-35(24-23-33(34)25-32)41-28-40(30-17-19-31(20-18-30)43-27-36-11-4-6-15-42(36)49-43)47-46(48-41)39-14-8-13-38-37-12-5-7-16-44(37)50-45(38)39/h1-28H. The fourth-order valence-electron chi connectivity index (χ4n) is 6.93. The largest absolute Gasteiger partial charge is 0.456 e. The van der Waals surface area contributed by atoms with Crippen LogP contribution < -0.4 is 0 Å². The van der Waals surface area contributed by atoms with Gasteiger partial charge in [-0.1, -0.05) is 127 Å². The maximum atomic E-state index is 6.16. The van der Waals surface area contributed by atoms with Gasteiger partial charge in [-0.25, -0.2) is 9.97 Å². The average molecular weight is 657 g/mol. The van der Waals surface area contributed by atoms with Crippen LogP contribution in [0, 0.1) is 0 Å². The molecule has 0 N–H and O–H groups in total. The second-order valence-electron chi connectivity index (χ2n) is 12.6. The van der Waals surface area contributed by atoms with Gasteiger partial charge < -0.3 is 4.42 Å². The topological polar surface area (TPSA) is 38.9 Å². The Labute approximate surface area is 292 Å². The SMILES string of the molecule is c1ccc(-c2ccc3cc(-c4cc(-c5ccc(-c6cc7ccccc7o6)cc5)nc(-c5cccc6c5sc5ccccc56)n4)ccc3c2)cc1. The summed E-state index contributed by atoms with van der Waals surface area (Å²) >= 11 is 1.80. The molecule has 0 aliphatic heterocycles. The quantitative estimate of drug-likeness (QED) is 0.185. The van der Waals surface area contributed by atoms with Gasteiger partial charge in [-0.2, -0.15) is 0 Å². The number of thiophene rings is 1. The second kappa shape index (κ2) is 11.7. The van der Waals surface area contributed by atoms with E-state index in [1.807, 2.05) is 18.2 Å². The lowest BCUT2D eigenvalue weighted by Gasteiger charge is -2.11. The van der Waals surface area contributed by atoms with Gasteiger partial charge >= 0.3 is 0 Å². The normalized spacial score (nSPS) is 11.6. The van der Waals surface area contributed by atoms with Crippen molar-refractivity contribution < 1.29 is 4.42 Å². The highest BCUT2D eigenvalue weighted by Gasteiger charge is 2.16. The Kier molecular flexibility index (Phi) is 6.68. The monoisotopic (exact) mass is 656 g/mol. The summed E-state index contributed by atoms with van der Waals surface area (Å²) in [5.74, 6) is 1.57. The van der Waals surface area contributed by atoms with Crippen LogP contribution in [0.5, 0.6) is 0 Å². The molecule has 0 saturated carbocycles. The van der Waals surface area contributed by atoms with Crippen LogP contribution in [0.4, 0.5) is 0 Å². The van der Waals surface area contributed by atoms with E-state index in [4.69, 9.17) is 14.4 Å². The van der Waals surface area contributed by atoms with Crippen molar-refractivity contribution in [3.8, 4) is 56.4 Å². The molecule has 0 fully saturated rings. The summed E-state index contributed by atoms with van der Waals surface area (Å²) in [5.41, 5.74) is 9.21. The van der Waals surface area contributed by atoms with E-state index in [0.29, 0.717) is 0 Å². The predicted molar refractivity (Wildman–Crippen MR) is 209 cm³/mol. The molecule has 0 aliphatic rings. The molecule has 7 aromatic carbocycles. The van der Waals surface area contributed by atoms with Crippen molar-refractivity contribution in [1.82, 2.24) is 9.97 Å².